The van der Waals surface area contributed by atoms with Gasteiger partial charge in [0.05, 0.1) is 13.7 Å². The summed E-state index contributed by atoms with van der Waals surface area (Å²) in [5.74, 6) is 1.08. The molecule has 8 heteroatoms. The molecule has 1 N–H and O–H groups in total. The second-order valence-electron chi connectivity index (χ2n) is 8.39. The van der Waals surface area contributed by atoms with Crippen molar-refractivity contribution < 1.29 is 33.6 Å². The Kier molecular flexibility index (Phi) is 9.16. The highest BCUT2D eigenvalue weighted by Gasteiger charge is 2.28. The van der Waals surface area contributed by atoms with Gasteiger partial charge < -0.3 is 29.0 Å². The topological polar surface area (TPSA) is 94.5 Å². The van der Waals surface area contributed by atoms with Crippen LogP contribution in [0.4, 0.5) is 4.79 Å². The summed E-state index contributed by atoms with van der Waals surface area (Å²) >= 11 is 0. The Bertz CT molecular complexity index is 956. The molecular formula is C26H33NO7. The van der Waals surface area contributed by atoms with Gasteiger partial charge in [0.1, 0.15) is 12.4 Å². The number of carbonyl (C=O) groups is 2. The summed E-state index contributed by atoms with van der Waals surface area (Å²) < 4.78 is 22.1. The summed E-state index contributed by atoms with van der Waals surface area (Å²) in [5.41, 5.74) is 1.82. The third-order valence-corrected chi connectivity index (χ3v) is 5.57. The minimum atomic E-state index is -0.979. The van der Waals surface area contributed by atoms with Gasteiger partial charge >= 0.3 is 12.1 Å². The van der Waals surface area contributed by atoms with Crippen LogP contribution in [0, 0.1) is 12.8 Å². The van der Waals surface area contributed by atoms with Crippen molar-refractivity contribution >= 4 is 12.1 Å². The molecule has 8 nitrogen and oxygen atoms in total. The molecule has 0 saturated heterocycles. The van der Waals surface area contributed by atoms with Gasteiger partial charge in [-0.3, -0.25) is 0 Å². The number of carboxylic acid groups (broad SMARTS) is 1. The zero-order valence-electron chi connectivity index (χ0n) is 20.0. The predicted octanol–water partition coefficient (Wildman–Crippen LogP) is 4.33. The Hall–Kier alpha value is -3.26. The number of hydrogen-bond donors (Lipinski definition) is 1. The van der Waals surface area contributed by atoms with Crippen LogP contribution in [0.1, 0.15) is 30.9 Å². The van der Waals surface area contributed by atoms with Gasteiger partial charge in [-0.15, -0.1) is 0 Å². The molecule has 1 aliphatic carbocycles. The Morgan fingerprint density at radius 1 is 1.12 bits per heavy atom. The molecule has 1 aliphatic rings. The number of ether oxygens (including phenoxy) is 4. The second-order valence-corrected chi connectivity index (χ2v) is 8.39. The molecule has 1 saturated carbocycles. The first-order valence-corrected chi connectivity index (χ1v) is 11.6. The molecule has 0 aliphatic heterocycles. The first-order chi connectivity index (χ1) is 16.4. The van der Waals surface area contributed by atoms with Gasteiger partial charge in [0.25, 0.3) is 0 Å². The van der Waals surface area contributed by atoms with E-state index in [0.29, 0.717) is 49.5 Å². The van der Waals surface area contributed by atoms with Crippen molar-refractivity contribution in [2.45, 2.75) is 39.2 Å². The highest BCUT2D eigenvalue weighted by atomic mass is 16.6. The van der Waals surface area contributed by atoms with Crippen LogP contribution in [0.25, 0.3) is 0 Å². The zero-order valence-corrected chi connectivity index (χ0v) is 20.0. The van der Waals surface area contributed by atoms with Gasteiger partial charge in [0, 0.05) is 19.6 Å². The molecule has 0 spiro atoms. The van der Waals surface area contributed by atoms with Crippen LogP contribution in [0.5, 0.6) is 17.2 Å². The average Bonchev–Trinajstić information content (AvgIpc) is 3.63. The standard InChI is InChI=1S/C26H33NO7/c1-4-32-24(25(28)29)16-19-8-10-21(11-9-19)33-14-13-27(17-20-6-7-20)26(30)34-23-15-18(2)5-12-22(23)31-3/h5,8-12,15,20,24H,4,6-7,13-14,16-17H2,1-3H3,(H,28,29). The Balaban J connectivity index is 1.54. The smallest absolute Gasteiger partial charge is 0.415 e. The Labute approximate surface area is 200 Å². The number of methoxy groups -OCH3 is 1. The number of carbonyl (C=O) groups excluding carboxylic acids is 1. The monoisotopic (exact) mass is 471 g/mol. The van der Waals surface area contributed by atoms with E-state index in [-0.39, 0.29) is 6.42 Å². The third-order valence-electron chi connectivity index (χ3n) is 5.57. The predicted molar refractivity (Wildman–Crippen MR) is 127 cm³/mol. The summed E-state index contributed by atoms with van der Waals surface area (Å²) in [7, 11) is 1.54. The molecule has 1 atom stereocenters. The normalized spacial score (nSPS) is 13.7. The molecule has 0 heterocycles. The summed E-state index contributed by atoms with van der Waals surface area (Å²) in [6.07, 6.45) is 1.21. The summed E-state index contributed by atoms with van der Waals surface area (Å²) in [4.78, 5) is 25.8. The van der Waals surface area contributed by atoms with E-state index in [1.165, 1.54) is 0 Å². The van der Waals surface area contributed by atoms with Crippen LogP contribution in [0.15, 0.2) is 42.5 Å². The van der Waals surface area contributed by atoms with E-state index < -0.39 is 18.2 Å². The lowest BCUT2D eigenvalue weighted by atomic mass is 10.1. The van der Waals surface area contributed by atoms with E-state index >= 15 is 0 Å². The van der Waals surface area contributed by atoms with E-state index in [1.54, 1.807) is 43.2 Å². The fraction of sp³-hybridized carbons (Fsp3) is 0.462. The molecular weight excluding hydrogens is 438 g/mol. The highest BCUT2D eigenvalue weighted by Crippen LogP contribution is 2.31. The first kappa shape index (κ1) is 25.4. The summed E-state index contributed by atoms with van der Waals surface area (Å²) in [6.45, 7) is 5.36. The largest absolute Gasteiger partial charge is 0.493 e. The van der Waals surface area contributed by atoms with Gasteiger partial charge in [-0.25, -0.2) is 9.59 Å². The van der Waals surface area contributed by atoms with Crippen LogP contribution in [-0.2, 0) is 16.0 Å². The van der Waals surface area contributed by atoms with Crippen molar-refractivity contribution in [1.82, 2.24) is 4.90 Å². The van der Waals surface area contributed by atoms with Crippen molar-refractivity contribution in [1.29, 1.82) is 0 Å². The maximum absolute atomic E-state index is 12.9. The van der Waals surface area contributed by atoms with E-state index in [2.05, 4.69) is 0 Å². The molecule has 0 aromatic heterocycles. The Morgan fingerprint density at radius 2 is 1.85 bits per heavy atom. The van der Waals surface area contributed by atoms with Crippen molar-refractivity contribution in [3.05, 3.63) is 53.6 Å². The van der Waals surface area contributed by atoms with Crippen LogP contribution < -0.4 is 14.2 Å². The molecule has 1 fully saturated rings. The lowest BCUT2D eigenvalue weighted by molar-refractivity contribution is -0.149. The minimum absolute atomic E-state index is 0.285. The third kappa shape index (κ3) is 7.66. The maximum Gasteiger partial charge on any atom is 0.415 e. The fourth-order valence-corrected chi connectivity index (χ4v) is 3.52. The number of aryl methyl sites for hydroxylation is 1. The lowest BCUT2D eigenvalue weighted by Gasteiger charge is -2.22. The van der Waals surface area contributed by atoms with E-state index in [0.717, 1.165) is 24.0 Å². The van der Waals surface area contributed by atoms with Crippen LogP contribution in [0.2, 0.25) is 0 Å². The number of amides is 1. The molecule has 2 aromatic carbocycles. The van der Waals surface area contributed by atoms with Crippen molar-refractivity contribution in [3.8, 4) is 17.2 Å². The quantitative estimate of drug-likeness (QED) is 0.465. The molecule has 1 unspecified atom stereocenters. The zero-order chi connectivity index (χ0) is 24.5. The van der Waals surface area contributed by atoms with Gasteiger partial charge in [0.2, 0.25) is 0 Å². The van der Waals surface area contributed by atoms with E-state index in [4.69, 9.17) is 18.9 Å². The number of rotatable bonds is 13. The second kappa shape index (κ2) is 12.3. The number of hydrogen-bond acceptors (Lipinski definition) is 6. The van der Waals surface area contributed by atoms with Crippen molar-refractivity contribution in [2.75, 3.05) is 33.4 Å². The van der Waals surface area contributed by atoms with Gasteiger partial charge in [0.15, 0.2) is 17.6 Å². The molecule has 3 rings (SSSR count). The van der Waals surface area contributed by atoms with Crippen LogP contribution >= 0.6 is 0 Å². The number of benzene rings is 2. The molecule has 1 amide bonds. The number of carboxylic acids is 1. The molecule has 0 radical (unpaired) electrons. The summed E-state index contributed by atoms with van der Waals surface area (Å²) in [6, 6.07) is 12.7. The van der Waals surface area contributed by atoms with Crippen molar-refractivity contribution in [3.63, 3.8) is 0 Å². The lowest BCUT2D eigenvalue weighted by Crippen LogP contribution is -2.38. The van der Waals surface area contributed by atoms with Gasteiger partial charge in [-0.05, 0) is 68.0 Å². The first-order valence-electron chi connectivity index (χ1n) is 11.6. The number of nitrogens with zero attached hydrogens (tertiary/aromatic N) is 1. The average molecular weight is 472 g/mol. The number of aliphatic carboxylic acids is 1. The summed E-state index contributed by atoms with van der Waals surface area (Å²) in [5, 5.41) is 9.24. The molecule has 0 bridgehead atoms. The van der Waals surface area contributed by atoms with Gasteiger partial charge in [-0.2, -0.15) is 0 Å². The highest BCUT2D eigenvalue weighted by molar-refractivity contribution is 5.73. The minimum Gasteiger partial charge on any atom is -0.493 e. The van der Waals surface area contributed by atoms with E-state index in [1.807, 2.05) is 25.1 Å². The molecule has 34 heavy (non-hydrogen) atoms. The molecule has 2 aromatic rings. The Morgan fingerprint density at radius 3 is 2.47 bits per heavy atom. The SMILES string of the molecule is CCOC(Cc1ccc(OCCN(CC2CC2)C(=O)Oc2cc(C)ccc2OC)cc1)C(=O)O. The van der Waals surface area contributed by atoms with Crippen molar-refractivity contribution in [2.24, 2.45) is 5.92 Å². The van der Waals surface area contributed by atoms with Crippen LogP contribution in [0.3, 0.4) is 0 Å². The van der Waals surface area contributed by atoms with E-state index in [9.17, 15) is 14.7 Å². The fourth-order valence-electron chi connectivity index (χ4n) is 3.52. The van der Waals surface area contributed by atoms with Gasteiger partial charge in [-0.1, -0.05) is 18.2 Å². The molecule has 184 valence electrons. The maximum atomic E-state index is 12.9. The van der Waals surface area contributed by atoms with Crippen LogP contribution in [-0.4, -0.2) is 61.6 Å².